The Morgan fingerprint density at radius 3 is 2.33 bits per heavy atom. The van der Waals surface area contributed by atoms with Crippen LogP contribution in [0.5, 0.6) is 0 Å². The van der Waals surface area contributed by atoms with Crippen LogP contribution in [0.1, 0.15) is 40.7 Å². The van der Waals surface area contributed by atoms with Crippen LogP contribution in [0.3, 0.4) is 0 Å². The van der Waals surface area contributed by atoms with Crippen LogP contribution in [0, 0.1) is 11.8 Å². The minimum absolute atomic E-state index is 0.111. The average molecular weight is 375 g/mol. The first-order valence-corrected chi connectivity index (χ1v) is 10.2. The molecular formula is C25H23ClO. The molecule has 0 unspecified atom stereocenters. The Morgan fingerprint density at radius 1 is 0.778 bits per heavy atom. The van der Waals surface area contributed by atoms with Crippen molar-refractivity contribution in [3.05, 3.63) is 106 Å². The van der Waals surface area contributed by atoms with E-state index in [1.807, 2.05) is 12.1 Å². The first-order valence-electron chi connectivity index (χ1n) is 9.81. The Hall–Kier alpha value is -2.09. The van der Waals surface area contributed by atoms with Gasteiger partial charge in [0.2, 0.25) is 0 Å². The van der Waals surface area contributed by atoms with Gasteiger partial charge in [-0.25, -0.2) is 0 Å². The number of hydrogen-bond acceptors (Lipinski definition) is 1. The van der Waals surface area contributed by atoms with Gasteiger partial charge in [-0.3, -0.25) is 0 Å². The fraction of sp³-hybridized carbons (Fsp3) is 0.280. The molecule has 136 valence electrons. The summed E-state index contributed by atoms with van der Waals surface area (Å²) in [7, 11) is 0. The molecule has 3 aromatic carbocycles. The molecule has 0 amide bonds. The normalized spacial score (nSPS) is 26.9. The summed E-state index contributed by atoms with van der Waals surface area (Å²) in [6.07, 6.45) is 2.39. The van der Waals surface area contributed by atoms with Crippen molar-refractivity contribution < 1.29 is 4.74 Å². The molecule has 2 heteroatoms. The number of ether oxygens (including phenoxy) is 1. The number of halogens is 1. The number of benzene rings is 3. The topological polar surface area (TPSA) is 9.23 Å². The Bertz CT molecular complexity index is 919. The van der Waals surface area contributed by atoms with E-state index in [0.29, 0.717) is 17.8 Å². The van der Waals surface area contributed by atoms with Gasteiger partial charge in [-0.1, -0.05) is 78.3 Å². The van der Waals surface area contributed by atoms with Gasteiger partial charge in [0.15, 0.2) is 0 Å². The second-order valence-corrected chi connectivity index (χ2v) is 8.20. The summed E-state index contributed by atoms with van der Waals surface area (Å²) in [6.45, 7) is 0.831. The molecule has 5 rings (SSSR count). The molecule has 3 aromatic rings. The summed E-state index contributed by atoms with van der Waals surface area (Å²) >= 11 is 6.14. The van der Waals surface area contributed by atoms with Crippen molar-refractivity contribution in [2.45, 2.75) is 24.9 Å². The van der Waals surface area contributed by atoms with Crippen molar-refractivity contribution in [1.29, 1.82) is 0 Å². The number of hydrogen-bond donors (Lipinski definition) is 0. The van der Waals surface area contributed by atoms with Crippen molar-refractivity contribution >= 4 is 11.6 Å². The van der Waals surface area contributed by atoms with Gasteiger partial charge >= 0.3 is 0 Å². The predicted octanol–water partition coefficient (Wildman–Crippen LogP) is 6.42. The summed E-state index contributed by atoms with van der Waals surface area (Å²) < 4.78 is 6.40. The zero-order valence-electron chi connectivity index (χ0n) is 15.2. The zero-order valence-corrected chi connectivity index (χ0v) is 16.0. The SMILES string of the molecule is Clc1ccc([C@@H]2OCC[C@@H]3Cc4ccccc4[C@H](c4ccccc4)[C@H]32)cc1. The fourth-order valence-corrected chi connectivity index (χ4v) is 5.25. The van der Waals surface area contributed by atoms with E-state index in [2.05, 4.69) is 66.7 Å². The second kappa shape index (κ2) is 7.14. The fourth-order valence-electron chi connectivity index (χ4n) is 5.13. The average Bonchev–Trinajstić information content (AvgIpc) is 2.73. The maximum atomic E-state index is 6.40. The molecule has 0 N–H and O–H groups in total. The minimum atomic E-state index is 0.111. The highest BCUT2D eigenvalue weighted by atomic mass is 35.5. The van der Waals surface area contributed by atoms with Gasteiger partial charge < -0.3 is 4.74 Å². The predicted molar refractivity (Wildman–Crippen MR) is 110 cm³/mol. The van der Waals surface area contributed by atoms with Gasteiger partial charge in [-0.2, -0.15) is 0 Å². The summed E-state index contributed by atoms with van der Waals surface area (Å²) in [6, 6.07) is 28.2. The first kappa shape index (κ1) is 17.0. The maximum absolute atomic E-state index is 6.40. The van der Waals surface area contributed by atoms with Crippen LogP contribution in [0.25, 0.3) is 0 Å². The van der Waals surface area contributed by atoms with Crippen LogP contribution in [0.4, 0.5) is 0 Å². The van der Waals surface area contributed by atoms with E-state index in [4.69, 9.17) is 16.3 Å². The molecule has 0 saturated carbocycles. The van der Waals surface area contributed by atoms with Crippen molar-refractivity contribution in [3.8, 4) is 0 Å². The lowest BCUT2D eigenvalue weighted by atomic mass is 9.62. The highest BCUT2D eigenvalue weighted by Crippen LogP contribution is 2.53. The summed E-state index contributed by atoms with van der Waals surface area (Å²) in [5.74, 6) is 1.44. The van der Waals surface area contributed by atoms with Crippen LogP contribution >= 0.6 is 11.6 Å². The molecule has 0 aromatic heterocycles. The first-order chi connectivity index (χ1) is 13.3. The second-order valence-electron chi connectivity index (χ2n) is 7.76. The van der Waals surface area contributed by atoms with Crippen LogP contribution in [-0.4, -0.2) is 6.61 Å². The molecule has 0 bridgehead atoms. The monoisotopic (exact) mass is 374 g/mol. The molecule has 0 radical (unpaired) electrons. The van der Waals surface area contributed by atoms with Gasteiger partial charge in [0, 0.05) is 23.5 Å². The Morgan fingerprint density at radius 2 is 1.52 bits per heavy atom. The van der Waals surface area contributed by atoms with Crippen LogP contribution in [0.2, 0.25) is 5.02 Å². The largest absolute Gasteiger partial charge is 0.373 e. The third kappa shape index (κ3) is 3.09. The summed E-state index contributed by atoms with van der Waals surface area (Å²) in [5, 5.41) is 0.778. The third-order valence-corrected chi connectivity index (χ3v) is 6.55. The molecule has 1 fully saturated rings. The smallest absolute Gasteiger partial charge is 0.0864 e. The van der Waals surface area contributed by atoms with E-state index in [1.165, 1.54) is 22.3 Å². The molecule has 0 spiro atoms. The van der Waals surface area contributed by atoms with Crippen LogP contribution < -0.4 is 0 Å². The lowest BCUT2D eigenvalue weighted by molar-refractivity contribution is -0.0685. The maximum Gasteiger partial charge on any atom is 0.0864 e. The quantitative estimate of drug-likeness (QED) is 0.502. The molecule has 1 aliphatic heterocycles. The molecule has 1 aliphatic carbocycles. The summed E-state index contributed by atoms with van der Waals surface area (Å²) in [4.78, 5) is 0. The Balaban J connectivity index is 1.65. The zero-order chi connectivity index (χ0) is 18.2. The molecule has 27 heavy (non-hydrogen) atoms. The lowest BCUT2D eigenvalue weighted by Gasteiger charge is -2.47. The van der Waals surface area contributed by atoms with Crippen molar-refractivity contribution in [2.24, 2.45) is 11.8 Å². The highest BCUT2D eigenvalue weighted by molar-refractivity contribution is 6.30. The van der Waals surface area contributed by atoms with E-state index in [0.717, 1.165) is 24.5 Å². The van der Waals surface area contributed by atoms with Crippen molar-refractivity contribution in [1.82, 2.24) is 0 Å². The van der Waals surface area contributed by atoms with Gasteiger partial charge in [0.1, 0.15) is 0 Å². The van der Waals surface area contributed by atoms with Gasteiger partial charge in [-0.15, -0.1) is 0 Å². The van der Waals surface area contributed by atoms with Gasteiger partial charge in [-0.05, 0) is 53.1 Å². The lowest BCUT2D eigenvalue weighted by Crippen LogP contribution is -2.39. The molecule has 4 atom stereocenters. The van der Waals surface area contributed by atoms with Crippen LogP contribution in [-0.2, 0) is 11.2 Å². The molecule has 1 saturated heterocycles. The minimum Gasteiger partial charge on any atom is -0.373 e. The van der Waals surface area contributed by atoms with Crippen molar-refractivity contribution in [2.75, 3.05) is 6.61 Å². The van der Waals surface area contributed by atoms with Gasteiger partial charge in [0.05, 0.1) is 6.10 Å². The summed E-state index contributed by atoms with van der Waals surface area (Å²) in [5.41, 5.74) is 5.61. The standard InChI is InChI=1S/C25H23ClO/c26-21-12-10-18(11-13-21)25-24-20(14-15-27-25)16-19-8-4-5-9-22(19)23(24)17-6-2-1-3-7-17/h1-13,20,23-25H,14-16H2/t20-,23+,24+,25+/m1/s1. The molecule has 1 nitrogen and oxygen atoms in total. The Labute approximate surface area is 166 Å². The van der Waals surface area contributed by atoms with E-state index >= 15 is 0 Å². The third-order valence-electron chi connectivity index (χ3n) is 6.29. The molecule has 2 aliphatic rings. The Kier molecular flexibility index (Phi) is 4.51. The van der Waals surface area contributed by atoms with Gasteiger partial charge in [0.25, 0.3) is 0 Å². The number of fused-ring (bicyclic) bond motifs is 2. The van der Waals surface area contributed by atoms with Crippen LogP contribution in [0.15, 0.2) is 78.9 Å². The molecular weight excluding hydrogens is 352 g/mol. The van der Waals surface area contributed by atoms with Crippen molar-refractivity contribution in [3.63, 3.8) is 0 Å². The number of rotatable bonds is 2. The van der Waals surface area contributed by atoms with E-state index in [1.54, 1.807) is 0 Å². The van der Waals surface area contributed by atoms with E-state index in [-0.39, 0.29) is 6.10 Å². The van der Waals surface area contributed by atoms with E-state index in [9.17, 15) is 0 Å². The highest BCUT2D eigenvalue weighted by Gasteiger charge is 2.44. The van der Waals surface area contributed by atoms with E-state index < -0.39 is 0 Å². The molecule has 1 heterocycles.